The summed E-state index contributed by atoms with van der Waals surface area (Å²) in [5.74, 6) is -0.786. The van der Waals surface area contributed by atoms with Crippen LogP contribution in [0.25, 0.3) is 11.3 Å². The molecule has 14 heteroatoms. The van der Waals surface area contributed by atoms with Crippen molar-refractivity contribution in [1.82, 2.24) is 13.6 Å². The third-order valence-corrected chi connectivity index (χ3v) is 12.1. The van der Waals surface area contributed by atoms with Crippen molar-refractivity contribution in [3.8, 4) is 11.3 Å². The number of carbonyl (C=O) groups is 2. The number of nitrogens with one attached hydrogen (secondary N) is 2. The van der Waals surface area contributed by atoms with Crippen molar-refractivity contribution in [3.05, 3.63) is 89.3 Å². The highest BCUT2D eigenvalue weighted by atomic mass is 32.2. The normalized spacial score (nSPS) is 12.0. The van der Waals surface area contributed by atoms with Gasteiger partial charge in [0.1, 0.15) is 0 Å². The molecule has 0 bridgehead atoms. The number of anilines is 2. The van der Waals surface area contributed by atoms with Crippen LogP contribution in [0.2, 0.25) is 0 Å². The van der Waals surface area contributed by atoms with E-state index < -0.39 is 26.0 Å². The Morgan fingerprint density at radius 1 is 0.612 bits per heavy atom. The van der Waals surface area contributed by atoms with Gasteiger partial charge in [-0.05, 0) is 86.3 Å². The lowest BCUT2D eigenvalue weighted by Crippen LogP contribution is -2.32. The van der Waals surface area contributed by atoms with Crippen molar-refractivity contribution in [2.75, 3.05) is 36.8 Å². The molecule has 0 radical (unpaired) electrons. The molecular weight excluding hydrogens is 683 g/mol. The highest BCUT2D eigenvalue weighted by molar-refractivity contribution is 7.89. The van der Waals surface area contributed by atoms with Crippen LogP contribution in [0.15, 0.2) is 88.0 Å². The topological polar surface area (TPSA) is 146 Å². The average Bonchev–Trinajstić information content (AvgIpc) is 3.56. The summed E-state index contributed by atoms with van der Waals surface area (Å²) in [6, 6.07) is 18.8. The molecule has 0 aliphatic rings. The minimum absolute atomic E-state index is 0.146. The molecule has 0 unspecified atom stereocenters. The van der Waals surface area contributed by atoms with Crippen LogP contribution in [0.4, 0.5) is 10.8 Å². The molecule has 0 spiro atoms. The lowest BCUT2D eigenvalue weighted by molar-refractivity contribution is 0.101. The van der Waals surface area contributed by atoms with Gasteiger partial charge in [0.05, 0.1) is 15.5 Å². The maximum atomic E-state index is 13.0. The third kappa shape index (κ3) is 9.40. The zero-order valence-corrected chi connectivity index (χ0v) is 30.6. The van der Waals surface area contributed by atoms with Gasteiger partial charge in [-0.2, -0.15) is 8.61 Å². The summed E-state index contributed by atoms with van der Waals surface area (Å²) in [4.78, 5) is 30.6. The van der Waals surface area contributed by atoms with E-state index in [1.165, 1.54) is 68.5 Å². The minimum Gasteiger partial charge on any atom is -0.322 e. The summed E-state index contributed by atoms with van der Waals surface area (Å²) in [5, 5.41) is 7.77. The molecule has 0 fully saturated rings. The number of rotatable bonds is 17. The number of amides is 2. The van der Waals surface area contributed by atoms with E-state index in [4.69, 9.17) is 0 Å². The second kappa shape index (κ2) is 17.1. The Bertz CT molecular complexity index is 1910. The van der Waals surface area contributed by atoms with E-state index in [9.17, 15) is 26.4 Å². The van der Waals surface area contributed by atoms with Gasteiger partial charge >= 0.3 is 0 Å². The predicted octanol–water partition coefficient (Wildman–Crippen LogP) is 6.94. The lowest BCUT2D eigenvalue weighted by Gasteiger charge is -2.21. The van der Waals surface area contributed by atoms with Crippen molar-refractivity contribution < 1.29 is 26.4 Å². The van der Waals surface area contributed by atoms with E-state index in [1.54, 1.807) is 29.6 Å². The first-order chi connectivity index (χ1) is 23.4. The first-order valence-corrected chi connectivity index (χ1v) is 20.1. The predicted molar refractivity (Wildman–Crippen MR) is 195 cm³/mol. The molecule has 0 aliphatic carbocycles. The fourth-order valence-corrected chi connectivity index (χ4v) is 9.08. The monoisotopic (exact) mass is 725 g/mol. The van der Waals surface area contributed by atoms with Crippen molar-refractivity contribution >= 4 is 54.0 Å². The molecule has 2 amide bonds. The number of nitrogens with zero attached hydrogens (tertiary/aromatic N) is 3. The highest BCUT2D eigenvalue weighted by Crippen LogP contribution is 2.27. The van der Waals surface area contributed by atoms with Crippen LogP contribution in [-0.4, -0.2) is 68.4 Å². The summed E-state index contributed by atoms with van der Waals surface area (Å²) < 4.78 is 55.0. The number of benzene rings is 3. The number of sulfonamides is 2. The second-order valence-electron chi connectivity index (χ2n) is 11.4. The van der Waals surface area contributed by atoms with Crippen LogP contribution < -0.4 is 10.6 Å². The molecule has 262 valence electrons. The van der Waals surface area contributed by atoms with Gasteiger partial charge in [-0.15, -0.1) is 11.3 Å². The van der Waals surface area contributed by atoms with Gasteiger partial charge in [0.15, 0.2) is 5.13 Å². The van der Waals surface area contributed by atoms with Crippen molar-refractivity contribution in [2.24, 2.45) is 0 Å². The van der Waals surface area contributed by atoms with E-state index in [0.717, 1.165) is 5.56 Å². The molecule has 0 atom stereocenters. The van der Waals surface area contributed by atoms with Gasteiger partial charge < -0.3 is 5.32 Å². The molecule has 0 saturated carbocycles. The molecule has 1 heterocycles. The Hall–Kier alpha value is -3.95. The number of carbonyl (C=O) groups excluding carboxylic acids is 2. The van der Waals surface area contributed by atoms with Crippen molar-refractivity contribution in [3.63, 3.8) is 0 Å². The van der Waals surface area contributed by atoms with Gasteiger partial charge in [-0.25, -0.2) is 21.8 Å². The Morgan fingerprint density at radius 3 is 1.43 bits per heavy atom. The van der Waals surface area contributed by atoms with Crippen LogP contribution in [0, 0.1) is 0 Å². The first kappa shape index (κ1) is 37.9. The highest BCUT2D eigenvalue weighted by Gasteiger charge is 2.24. The molecule has 4 rings (SSSR count). The quantitative estimate of drug-likeness (QED) is 0.120. The standard InChI is InChI=1S/C35H43N5O6S3/c1-5-21-39(22-6-2)48(43,44)30-17-11-27(12-18-30)33(41)36-29-15-9-26(10-16-29)32-25-47-35(37-32)38-34(42)28-13-19-31(20-14-28)49(45,46)40(23-7-3)24-8-4/h9-20,25H,5-8,21-24H2,1-4H3,(H,36,41)(H,37,38,42). The Labute approximate surface area is 293 Å². The Kier molecular flexibility index (Phi) is 13.2. The van der Waals surface area contributed by atoms with E-state index in [-0.39, 0.29) is 15.7 Å². The zero-order valence-electron chi connectivity index (χ0n) is 28.2. The summed E-state index contributed by atoms with van der Waals surface area (Å²) >= 11 is 1.25. The largest absolute Gasteiger partial charge is 0.322 e. The first-order valence-electron chi connectivity index (χ1n) is 16.3. The fraction of sp³-hybridized carbons (Fsp3) is 0.343. The van der Waals surface area contributed by atoms with Crippen molar-refractivity contribution in [1.29, 1.82) is 0 Å². The lowest BCUT2D eigenvalue weighted by atomic mass is 10.1. The number of hydrogen-bond acceptors (Lipinski definition) is 8. The van der Waals surface area contributed by atoms with E-state index in [1.807, 2.05) is 27.7 Å². The third-order valence-electron chi connectivity index (χ3n) is 7.56. The number of aromatic nitrogens is 1. The fourth-order valence-electron chi connectivity index (χ4n) is 5.12. The average molecular weight is 726 g/mol. The smallest absolute Gasteiger partial charge is 0.257 e. The maximum absolute atomic E-state index is 13.0. The van der Waals surface area contributed by atoms with E-state index in [2.05, 4.69) is 15.6 Å². The summed E-state index contributed by atoms with van der Waals surface area (Å²) in [5.41, 5.74) is 2.57. The SMILES string of the molecule is CCCN(CCC)S(=O)(=O)c1ccc(C(=O)Nc2ccc(-c3csc(NC(=O)c4ccc(S(=O)(=O)N(CCC)CCC)cc4)n3)cc2)cc1. The van der Waals surface area contributed by atoms with Gasteiger partial charge in [-0.3, -0.25) is 14.9 Å². The second-order valence-corrected chi connectivity index (χ2v) is 16.1. The number of thiazole rings is 1. The van der Waals surface area contributed by atoms with Crippen LogP contribution in [0.3, 0.4) is 0 Å². The van der Waals surface area contributed by atoms with Gasteiger partial charge in [0.25, 0.3) is 11.8 Å². The van der Waals surface area contributed by atoms with Crippen LogP contribution in [-0.2, 0) is 20.0 Å². The maximum Gasteiger partial charge on any atom is 0.257 e. The zero-order chi connectivity index (χ0) is 35.6. The molecule has 0 aliphatic heterocycles. The molecular formula is C35H43N5O6S3. The Morgan fingerprint density at radius 2 is 1.02 bits per heavy atom. The molecule has 0 saturated heterocycles. The van der Waals surface area contributed by atoms with E-state index in [0.29, 0.717) is 79.5 Å². The molecule has 3 aromatic carbocycles. The van der Waals surface area contributed by atoms with Crippen molar-refractivity contribution in [2.45, 2.75) is 63.2 Å². The van der Waals surface area contributed by atoms with Gasteiger partial charge in [0, 0.05) is 53.9 Å². The van der Waals surface area contributed by atoms with Crippen LogP contribution >= 0.6 is 11.3 Å². The molecule has 2 N–H and O–H groups in total. The Balaban J connectivity index is 1.36. The minimum atomic E-state index is -3.64. The summed E-state index contributed by atoms with van der Waals surface area (Å²) in [6.45, 7) is 9.48. The van der Waals surface area contributed by atoms with Crippen LogP contribution in [0.5, 0.6) is 0 Å². The number of hydrogen-bond donors (Lipinski definition) is 2. The van der Waals surface area contributed by atoms with Gasteiger partial charge in [-0.1, -0.05) is 39.8 Å². The molecule has 1 aromatic heterocycles. The van der Waals surface area contributed by atoms with Crippen LogP contribution in [0.1, 0.15) is 74.1 Å². The summed E-state index contributed by atoms with van der Waals surface area (Å²) in [6.07, 6.45) is 2.84. The molecule has 11 nitrogen and oxygen atoms in total. The summed E-state index contributed by atoms with van der Waals surface area (Å²) in [7, 11) is -7.28. The molecule has 4 aromatic rings. The molecule has 49 heavy (non-hydrogen) atoms. The van der Waals surface area contributed by atoms with Gasteiger partial charge in [0.2, 0.25) is 20.0 Å². The van der Waals surface area contributed by atoms with E-state index >= 15 is 0 Å².